The van der Waals surface area contributed by atoms with Crippen molar-refractivity contribution in [2.24, 2.45) is 11.8 Å². The summed E-state index contributed by atoms with van der Waals surface area (Å²) >= 11 is 0. The van der Waals surface area contributed by atoms with Gasteiger partial charge in [-0.15, -0.1) is 0 Å². The van der Waals surface area contributed by atoms with Crippen molar-refractivity contribution in [3.63, 3.8) is 0 Å². The Bertz CT molecular complexity index is 441. The molecule has 1 aliphatic carbocycles. The largest absolute Gasteiger partial charge is 0.349 e. The summed E-state index contributed by atoms with van der Waals surface area (Å²) < 4.78 is 0. The molecular formula is C15H24N4O. The minimum atomic E-state index is -0.0926. The number of nitrogen functional groups attached to an aromatic ring is 1. The smallest absolute Gasteiger partial charge is 0.255 e. The molecule has 0 bridgehead atoms. The number of nitrogens with one attached hydrogen (secondary N) is 2. The van der Waals surface area contributed by atoms with Gasteiger partial charge < -0.3 is 10.7 Å². The van der Waals surface area contributed by atoms with Crippen molar-refractivity contribution in [3.05, 3.63) is 23.9 Å². The molecule has 1 amide bonds. The van der Waals surface area contributed by atoms with Crippen molar-refractivity contribution in [3.8, 4) is 0 Å². The number of anilines is 1. The normalized spacial score (nSPS) is 22.3. The number of pyridine rings is 1. The Hall–Kier alpha value is -1.62. The van der Waals surface area contributed by atoms with Crippen molar-refractivity contribution >= 4 is 11.7 Å². The fourth-order valence-electron chi connectivity index (χ4n) is 2.97. The van der Waals surface area contributed by atoms with Crippen LogP contribution in [0.3, 0.4) is 0 Å². The monoisotopic (exact) mass is 276 g/mol. The number of hydrogen-bond acceptors (Lipinski definition) is 4. The molecule has 0 radical (unpaired) electrons. The number of hydrazine groups is 1. The summed E-state index contributed by atoms with van der Waals surface area (Å²) in [6.07, 6.45) is 8.75. The van der Waals surface area contributed by atoms with E-state index in [0.29, 0.717) is 11.4 Å². The lowest BCUT2D eigenvalue weighted by atomic mass is 9.83. The van der Waals surface area contributed by atoms with E-state index in [1.54, 1.807) is 18.3 Å². The summed E-state index contributed by atoms with van der Waals surface area (Å²) in [5, 5.41) is 3.10. The van der Waals surface area contributed by atoms with Gasteiger partial charge in [-0.1, -0.05) is 19.8 Å². The first-order valence-corrected chi connectivity index (χ1v) is 7.47. The van der Waals surface area contributed by atoms with Crippen molar-refractivity contribution in [1.29, 1.82) is 0 Å². The van der Waals surface area contributed by atoms with E-state index in [-0.39, 0.29) is 11.9 Å². The molecular weight excluding hydrogens is 252 g/mol. The maximum Gasteiger partial charge on any atom is 0.255 e. The Morgan fingerprint density at radius 3 is 2.80 bits per heavy atom. The van der Waals surface area contributed by atoms with Gasteiger partial charge in [0.25, 0.3) is 5.91 Å². The van der Waals surface area contributed by atoms with Gasteiger partial charge in [0, 0.05) is 12.2 Å². The number of amides is 1. The molecule has 1 saturated carbocycles. The molecule has 1 aliphatic rings. The summed E-state index contributed by atoms with van der Waals surface area (Å²) in [6.45, 7) is 2.23. The molecule has 1 aromatic rings. The minimum Gasteiger partial charge on any atom is -0.349 e. The molecule has 110 valence electrons. The van der Waals surface area contributed by atoms with Crippen LogP contribution in [0.2, 0.25) is 0 Å². The molecule has 1 heterocycles. The first-order chi connectivity index (χ1) is 9.74. The predicted molar refractivity (Wildman–Crippen MR) is 80.2 cm³/mol. The maximum atomic E-state index is 12.3. The van der Waals surface area contributed by atoms with Crippen LogP contribution in [0, 0.1) is 5.92 Å². The van der Waals surface area contributed by atoms with Crippen LogP contribution in [0.4, 0.5) is 5.82 Å². The Kier molecular flexibility index (Phi) is 5.35. The van der Waals surface area contributed by atoms with Crippen molar-refractivity contribution in [1.82, 2.24) is 10.3 Å². The molecule has 1 aromatic heterocycles. The van der Waals surface area contributed by atoms with E-state index in [2.05, 4.69) is 22.7 Å². The second-order valence-corrected chi connectivity index (χ2v) is 5.52. The summed E-state index contributed by atoms with van der Waals surface area (Å²) in [4.78, 5) is 16.3. The molecule has 5 nitrogen and oxygen atoms in total. The molecule has 4 N–H and O–H groups in total. The van der Waals surface area contributed by atoms with E-state index in [0.717, 1.165) is 18.8 Å². The zero-order chi connectivity index (χ0) is 14.4. The van der Waals surface area contributed by atoms with Crippen molar-refractivity contribution in [2.75, 3.05) is 5.43 Å². The third-order valence-corrected chi connectivity index (χ3v) is 4.07. The number of aromatic nitrogens is 1. The molecule has 20 heavy (non-hydrogen) atoms. The Morgan fingerprint density at radius 2 is 2.15 bits per heavy atom. The van der Waals surface area contributed by atoms with Crippen LogP contribution in [0.5, 0.6) is 0 Å². The third-order valence-electron chi connectivity index (χ3n) is 4.07. The Balaban J connectivity index is 1.89. The second-order valence-electron chi connectivity index (χ2n) is 5.52. The Morgan fingerprint density at radius 1 is 1.40 bits per heavy atom. The van der Waals surface area contributed by atoms with Gasteiger partial charge in [0.05, 0.1) is 5.56 Å². The third kappa shape index (κ3) is 3.70. The van der Waals surface area contributed by atoms with E-state index >= 15 is 0 Å². The van der Waals surface area contributed by atoms with Crippen LogP contribution in [0.25, 0.3) is 0 Å². The van der Waals surface area contributed by atoms with E-state index in [4.69, 9.17) is 5.84 Å². The minimum absolute atomic E-state index is 0.0926. The van der Waals surface area contributed by atoms with E-state index in [1.807, 2.05) is 0 Å². The lowest BCUT2D eigenvalue weighted by molar-refractivity contribution is 0.0921. The highest BCUT2D eigenvalue weighted by atomic mass is 16.1. The number of carbonyl (C=O) groups excluding carboxylic acids is 1. The highest BCUT2D eigenvalue weighted by molar-refractivity contribution is 5.98. The maximum absolute atomic E-state index is 12.3. The molecule has 2 rings (SSSR count). The van der Waals surface area contributed by atoms with Crippen molar-refractivity contribution in [2.45, 2.75) is 51.5 Å². The second kappa shape index (κ2) is 7.24. The van der Waals surface area contributed by atoms with Crippen LogP contribution in [0.15, 0.2) is 18.3 Å². The molecule has 5 heteroatoms. The lowest BCUT2D eigenvalue weighted by Gasteiger charge is -2.29. The average Bonchev–Trinajstić information content (AvgIpc) is 2.49. The zero-order valence-corrected chi connectivity index (χ0v) is 12.1. The summed E-state index contributed by atoms with van der Waals surface area (Å²) in [7, 11) is 0. The van der Waals surface area contributed by atoms with Gasteiger partial charge in [-0.05, 0) is 43.7 Å². The quantitative estimate of drug-likeness (QED) is 0.570. The predicted octanol–water partition coefficient (Wildman–Crippen LogP) is 2.46. The molecule has 0 unspecified atom stereocenters. The van der Waals surface area contributed by atoms with Gasteiger partial charge in [-0.2, -0.15) is 0 Å². The molecule has 0 aromatic carbocycles. The Labute approximate surface area is 120 Å². The van der Waals surface area contributed by atoms with Gasteiger partial charge in [0.15, 0.2) is 5.82 Å². The van der Waals surface area contributed by atoms with Gasteiger partial charge in [0.1, 0.15) is 0 Å². The fraction of sp³-hybridized carbons (Fsp3) is 0.600. The van der Waals surface area contributed by atoms with Gasteiger partial charge >= 0.3 is 0 Å². The van der Waals surface area contributed by atoms with Gasteiger partial charge in [0.2, 0.25) is 0 Å². The first-order valence-electron chi connectivity index (χ1n) is 7.47. The van der Waals surface area contributed by atoms with Crippen LogP contribution >= 0.6 is 0 Å². The zero-order valence-electron chi connectivity index (χ0n) is 12.1. The summed E-state index contributed by atoms with van der Waals surface area (Å²) in [6, 6.07) is 3.76. The standard InChI is InChI=1S/C15H24N4O/c1-2-4-11-6-8-12(9-7-11)18-15(20)13-5-3-10-17-14(13)19-16/h3,5,10-12H,2,4,6-9,16H2,1H3,(H,17,19)(H,18,20). The summed E-state index contributed by atoms with van der Waals surface area (Å²) in [5.41, 5.74) is 2.97. The molecule has 0 aliphatic heterocycles. The SMILES string of the molecule is CCCC1CCC(NC(=O)c2cccnc2NN)CC1. The number of hydrogen-bond donors (Lipinski definition) is 3. The topological polar surface area (TPSA) is 80.0 Å². The van der Waals surface area contributed by atoms with E-state index < -0.39 is 0 Å². The highest BCUT2D eigenvalue weighted by Crippen LogP contribution is 2.28. The van der Waals surface area contributed by atoms with Gasteiger partial charge in [-0.3, -0.25) is 4.79 Å². The number of rotatable bonds is 5. The van der Waals surface area contributed by atoms with Crippen LogP contribution in [-0.4, -0.2) is 16.9 Å². The number of nitrogens with two attached hydrogens (primary N) is 1. The van der Waals surface area contributed by atoms with Crippen LogP contribution in [0.1, 0.15) is 55.8 Å². The lowest BCUT2D eigenvalue weighted by Crippen LogP contribution is -2.38. The molecule has 0 atom stereocenters. The van der Waals surface area contributed by atoms with E-state index in [1.165, 1.54) is 25.7 Å². The van der Waals surface area contributed by atoms with Crippen LogP contribution in [-0.2, 0) is 0 Å². The molecule has 0 saturated heterocycles. The van der Waals surface area contributed by atoms with E-state index in [9.17, 15) is 4.79 Å². The number of nitrogens with zero attached hydrogens (tertiary/aromatic N) is 1. The fourth-order valence-corrected chi connectivity index (χ4v) is 2.97. The average molecular weight is 276 g/mol. The molecule has 1 fully saturated rings. The van der Waals surface area contributed by atoms with Crippen LogP contribution < -0.4 is 16.6 Å². The highest BCUT2D eigenvalue weighted by Gasteiger charge is 2.23. The summed E-state index contributed by atoms with van der Waals surface area (Å²) in [5.74, 6) is 6.55. The first kappa shape index (κ1) is 14.8. The number of carbonyl (C=O) groups is 1. The van der Waals surface area contributed by atoms with Gasteiger partial charge in [-0.25, -0.2) is 10.8 Å². The molecule has 0 spiro atoms. The van der Waals surface area contributed by atoms with Crippen molar-refractivity contribution < 1.29 is 4.79 Å².